The van der Waals surface area contributed by atoms with E-state index in [2.05, 4.69) is 10.2 Å². The van der Waals surface area contributed by atoms with Crippen LogP contribution in [-0.4, -0.2) is 21.3 Å². The third-order valence-corrected chi connectivity index (χ3v) is 1.78. The molecule has 1 heterocycles. The summed E-state index contributed by atoms with van der Waals surface area (Å²) < 4.78 is 0.551. The van der Waals surface area contributed by atoms with Gasteiger partial charge in [0.25, 0.3) is 0 Å². The number of rotatable bonds is 1. The number of carbonyl (C=O) groups is 1. The highest BCUT2D eigenvalue weighted by Gasteiger charge is 2.13. The monoisotopic (exact) mass is 253 g/mol. The molecule has 54 valence electrons. The molecule has 0 unspecified atom stereocenters. The summed E-state index contributed by atoms with van der Waals surface area (Å²) in [6.45, 7) is 0. The van der Waals surface area contributed by atoms with Gasteiger partial charge in [-0.15, -0.1) is 0 Å². The van der Waals surface area contributed by atoms with Crippen molar-refractivity contribution in [2.24, 2.45) is 0 Å². The molecule has 0 atom stereocenters. The maximum atomic E-state index is 10.3. The number of carboxylic acids is 1. The number of aromatic nitrogens is 2. The van der Waals surface area contributed by atoms with Crippen molar-refractivity contribution in [2.75, 3.05) is 5.73 Å². The van der Waals surface area contributed by atoms with Gasteiger partial charge in [0.1, 0.15) is 3.70 Å². The van der Waals surface area contributed by atoms with E-state index in [9.17, 15) is 4.79 Å². The Bertz CT molecular complexity index is 269. The van der Waals surface area contributed by atoms with Crippen molar-refractivity contribution in [3.8, 4) is 0 Å². The van der Waals surface area contributed by atoms with Gasteiger partial charge in [0.2, 0.25) is 0 Å². The van der Waals surface area contributed by atoms with Crippen LogP contribution >= 0.6 is 22.6 Å². The topological polar surface area (TPSA) is 92.0 Å². The number of nitrogens with zero attached hydrogens (tertiary/aromatic N) is 1. The smallest absolute Gasteiger partial charge is 0.358 e. The third kappa shape index (κ3) is 1.06. The molecule has 0 spiro atoms. The fourth-order valence-corrected chi connectivity index (χ4v) is 0.868. The second-order valence-corrected chi connectivity index (χ2v) is 2.68. The van der Waals surface area contributed by atoms with E-state index in [0.29, 0.717) is 3.70 Å². The van der Waals surface area contributed by atoms with Gasteiger partial charge in [-0.3, -0.25) is 5.10 Å². The van der Waals surface area contributed by atoms with Gasteiger partial charge in [0.05, 0.1) is 5.69 Å². The summed E-state index contributed by atoms with van der Waals surface area (Å²) in [5.74, 6) is -1.11. The van der Waals surface area contributed by atoms with Gasteiger partial charge in [-0.1, -0.05) is 0 Å². The van der Waals surface area contributed by atoms with Crippen molar-refractivity contribution >= 4 is 34.2 Å². The Morgan fingerprint density at radius 3 is 2.60 bits per heavy atom. The van der Waals surface area contributed by atoms with Crippen molar-refractivity contribution in [1.29, 1.82) is 0 Å². The van der Waals surface area contributed by atoms with E-state index >= 15 is 0 Å². The minimum Gasteiger partial charge on any atom is -0.476 e. The van der Waals surface area contributed by atoms with Crippen LogP contribution in [0.4, 0.5) is 5.69 Å². The Kier molecular flexibility index (Phi) is 1.79. The van der Waals surface area contributed by atoms with Gasteiger partial charge in [0.15, 0.2) is 5.69 Å². The summed E-state index contributed by atoms with van der Waals surface area (Å²) >= 11 is 1.87. The molecule has 0 amide bonds. The number of nitrogen functional groups attached to an aromatic ring is 1. The summed E-state index contributed by atoms with van der Waals surface area (Å²) in [4.78, 5) is 10.3. The highest BCUT2D eigenvalue weighted by atomic mass is 127. The Morgan fingerprint density at radius 2 is 2.40 bits per heavy atom. The molecule has 1 aromatic heterocycles. The predicted molar refractivity (Wildman–Crippen MR) is 42.7 cm³/mol. The molecule has 4 N–H and O–H groups in total. The summed E-state index contributed by atoms with van der Waals surface area (Å²) in [5.41, 5.74) is 5.39. The molecule has 0 saturated carbocycles. The first-order valence-electron chi connectivity index (χ1n) is 2.35. The van der Waals surface area contributed by atoms with Crippen LogP contribution in [0.15, 0.2) is 0 Å². The molecule has 0 aliphatic carbocycles. The molecule has 1 aromatic rings. The number of hydrogen-bond acceptors (Lipinski definition) is 3. The number of halogens is 1. The van der Waals surface area contributed by atoms with Crippen LogP contribution in [0.1, 0.15) is 10.5 Å². The van der Waals surface area contributed by atoms with Crippen molar-refractivity contribution in [3.05, 3.63) is 9.39 Å². The Morgan fingerprint density at radius 1 is 1.80 bits per heavy atom. The van der Waals surface area contributed by atoms with Crippen LogP contribution in [0.3, 0.4) is 0 Å². The average Bonchev–Trinajstić information content (AvgIpc) is 2.14. The fourth-order valence-electron chi connectivity index (χ4n) is 0.492. The maximum absolute atomic E-state index is 10.3. The molecule has 0 aliphatic rings. The molecule has 1 rings (SSSR count). The first kappa shape index (κ1) is 7.32. The van der Waals surface area contributed by atoms with E-state index in [1.54, 1.807) is 0 Å². The normalized spacial score (nSPS) is 9.70. The molecule has 0 bridgehead atoms. The SMILES string of the molecule is Nc1c(C(=O)O)n[nH]c1I. The highest BCUT2D eigenvalue weighted by molar-refractivity contribution is 14.1. The number of hydrogen-bond donors (Lipinski definition) is 3. The molecular weight excluding hydrogens is 249 g/mol. The van der Waals surface area contributed by atoms with Crippen molar-refractivity contribution < 1.29 is 9.90 Å². The molecule has 0 radical (unpaired) electrons. The van der Waals surface area contributed by atoms with Crippen LogP contribution in [-0.2, 0) is 0 Å². The number of anilines is 1. The van der Waals surface area contributed by atoms with Gasteiger partial charge in [-0.25, -0.2) is 4.79 Å². The standard InChI is InChI=1S/C4H4IN3O2/c5-3-1(6)2(4(9)10)7-8-3/h6H2,(H,7,8)(H,9,10). The summed E-state index contributed by atoms with van der Waals surface area (Å²) in [7, 11) is 0. The largest absolute Gasteiger partial charge is 0.476 e. The lowest BCUT2D eigenvalue weighted by molar-refractivity contribution is 0.0691. The van der Waals surface area contributed by atoms with E-state index in [1.165, 1.54) is 0 Å². The number of aromatic carboxylic acids is 1. The predicted octanol–water partition coefficient (Wildman–Crippen LogP) is 0.295. The number of nitrogens with two attached hydrogens (primary N) is 1. The van der Waals surface area contributed by atoms with Crippen LogP contribution in [0.2, 0.25) is 0 Å². The Balaban J connectivity index is 3.17. The molecule has 0 saturated heterocycles. The van der Waals surface area contributed by atoms with E-state index in [4.69, 9.17) is 10.8 Å². The highest BCUT2D eigenvalue weighted by Crippen LogP contribution is 2.14. The Labute approximate surface area is 69.8 Å². The van der Waals surface area contributed by atoms with Gasteiger partial charge >= 0.3 is 5.97 Å². The van der Waals surface area contributed by atoms with Gasteiger partial charge in [-0.2, -0.15) is 5.10 Å². The van der Waals surface area contributed by atoms with Crippen molar-refractivity contribution in [3.63, 3.8) is 0 Å². The second kappa shape index (κ2) is 2.45. The average molecular weight is 253 g/mol. The molecule has 0 fully saturated rings. The van der Waals surface area contributed by atoms with Crippen LogP contribution < -0.4 is 5.73 Å². The molecular formula is C4H4IN3O2. The number of nitrogens with one attached hydrogen (secondary N) is 1. The lowest BCUT2D eigenvalue weighted by Crippen LogP contribution is -2.01. The Hall–Kier alpha value is -0.790. The second-order valence-electron chi connectivity index (χ2n) is 1.61. The zero-order valence-corrected chi connectivity index (χ0v) is 6.92. The van der Waals surface area contributed by atoms with E-state index < -0.39 is 5.97 Å². The molecule has 10 heavy (non-hydrogen) atoms. The molecule has 0 aromatic carbocycles. The molecule has 5 nitrogen and oxygen atoms in total. The number of H-pyrrole nitrogens is 1. The van der Waals surface area contributed by atoms with Crippen LogP contribution in [0.5, 0.6) is 0 Å². The zero-order chi connectivity index (χ0) is 7.72. The van der Waals surface area contributed by atoms with Crippen molar-refractivity contribution in [2.45, 2.75) is 0 Å². The minimum atomic E-state index is -1.11. The maximum Gasteiger partial charge on any atom is 0.358 e. The first-order valence-corrected chi connectivity index (χ1v) is 3.43. The van der Waals surface area contributed by atoms with Crippen LogP contribution in [0.25, 0.3) is 0 Å². The fraction of sp³-hybridized carbons (Fsp3) is 0. The lowest BCUT2D eigenvalue weighted by atomic mass is 10.4. The minimum absolute atomic E-state index is 0.121. The first-order chi connectivity index (χ1) is 4.63. The van der Waals surface area contributed by atoms with E-state index in [0.717, 1.165) is 0 Å². The summed E-state index contributed by atoms with van der Waals surface area (Å²) in [6, 6.07) is 0. The van der Waals surface area contributed by atoms with Gasteiger partial charge in [-0.05, 0) is 22.6 Å². The quantitative estimate of drug-likeness (QED) is 0.627. The third-order valence-electron chi connectivity index (χ3n) is 0.960. The number of carboxylic acid groups (broad SMARTS) is 1. The van der Waals surface area contributed by atoms with E-state index in [-0.39, 0.29) is 11.4 Å². The van der Waals surface area contributed by atoms with E-state index in [1.807, 2.05) is 22.6 Å². The molecule has 0 aliphatic heterocycles. The summed E-state index contributed by atoms with van der Waals surface area (Å²) in [5, 5.41) is 14.3. The van der Waals surface area contributed by atoms with Crippen LogP contribution in [0, 0.1) is 3.70 Å². The van der Waals surface area contributed by atoms with Gasteiger partial charge in [0, 0.05) is 0 Å². The molecule has 6 heteroatoms. The summed E-state index contributed by atoms with van der Waals surface area (Å²) in [6.07, 6.45) is 0. The number of aromatic amines is 1. The van der Waals surface area contributed by atoms with Crippen molar-refractivity contribution in [1.82, 2.24) is 10.2 Å². The zero-order valence-electron chi connectivity index (χ0n) is 4.76. The lowest BCUT2D eigenvalue weighted by Gasteiger charge is -1.86. The van der Waals surface area contributed by atoms with Gasteiger partial charge < -0.3 is 10.8 Å².